The van der Waals surface area contributed by atoms with E-state index in [0.717, 1.165) is 24.8 Å². The van der Waals surface area contributed by atoms with E-state index < -0.39 is 0 Å². The monoisotopic (exact) mass is 310 g/mol. The molecule has 0 aromatic heterocycles. The number of methoxy groups -OCH3 is 1. The molecular formula is C19H18O4. The third-order valence-corrected chi connectivity index (χ3v) is 4.08. The van der Waals surface area contributed by atoms with E-state index >= 15 is 0 Å². The number of esters is 2. The van der Waals surface area contributed by atoms with Crippen molar-refractivity contribution < 1.29 is 19.1 Å². The van der Waals surface area contributed by atoms with Gasteiger partial charge in [-0.25, -0.2) is 9.59 Å². The van der Waals surface area contributed by atoms with Crippen LogP contribution in [0.4, 0.5) is 0 Å². The molecule has 0 heterocycles. The standard InChI is InChI=1S/C19H18O4/c1-22-18(20)15-7-5-13(6-8-15)12-23-19(21)17-10-9-14-3-2-4-16(14)11-17/h5-11H,2-4,12H2,1H3. The third-order valence-electron chi connectivity index (χ3n) is 4.08. The summed E-state index contributed by atoms with van der Waals surface area (Å²) >= 11 is 0. The van der Waals surface area contributed by atoms with Gasteiger partial charge in [0.25, 0.3) is 0 Å². The van der Waals surface area contributed by atoms with Crippen LogP contribution in [-0.2, 0) is 28.9 Å². The number of carbonyl (C=O) groups excluding carboxylic acids is 2. The van der Waals surface area contributed by atoms with Gasteiger partial charge in [0.15, 0.2) is 0 Å². The van der Waals surface area contributed by atoms with Crippen molar-refractivity contribution in [1.82, 2.24) is 0 Å². The molecule has 1 aliphatic carbocycles. The lowest BCUT2D eigenvalue weighted by Gasteiger charge is -2.07. The molecule has 4 heteroatoms. The minimum atomic E-state index is -0.383. The summed E-state index contributed by atoms with van der Waals surface area (Å²) in [5.74, 6) is -0.705. The molecule has 0 saturated heterocycles. The van der Waals surface area contributed by atoms with E-state index in [9.17, 15) is 9.59 Å². The van der Waals surface area contributed by atoms with Gasteiger partial charge in [-0.05, 0) is 60.2 Å². The number of ether oxygens (including phenoxy) is 2. The lowest BCUT2D eigenvalue weighted by molar-refractivity contribution is 0.0471. The summed E-state index contributed by atoms with van der Waals surface area (Å²) < 4.78 is 9.99. The Bertz CT molecular complexity index is 732. The van der Waals surface area contributed by atoms with Gasteiger partial charge in [-0.15, -0.1) is 0 Å². The highest BCUT2D eigenvalue weighted by atomic mass is 16.5. The van der Waals surface area contributed by atoms with Crippen LogP contribution in [0.1, 0.15) is 43.8 Å². The van der Waals surface area contributed by atoms with E-state index in [2.05, 4.69) is 4.74 Å². The lowest BCUT2D eigenvalue weighted by atomic mass is 10.1. The van der Waals surface area contributed by atoms with Gasteiger partial charge >= 0.3 is 11.9 Å². The molecule has 0 bridgehead atoms. The number of hydrogen-bond acceptors (Lipinski definition) is 4. The summed E-state index contributed by atoms with van der Waals surface area (Å²) in [7, 11) is 1.34. The number of rotatable bonds is 4. The third kappa shape index (κ3) is 3.42. The summed E-state index contributed by atoms with van der Waals surface area (Å²) in [5.41, 5.74) is 4.48. The fourth-order valence-electron chi connectivity index (χ4n) is 2.79. The van der Waals surface area contributed by atoms with Gasteiger partial charge in [0.2, 0.25) is 0 Å². The quantitative estimate of drug-likeness (QED) is 0.813. The van der Waals surface area contributed by atoms with Crippen molar-refractivity contribution in [2.24, 2.45) is 0 Å². The van der Waals surface area contributed by atoms with Crippen LogP contribution in [0.3, 0.4) is 0 Å². The number of benzene rings is 2. The van der Waals surface area contributed by atoms with E-state index in [-0.39, 0.29) is 18.5 Å². The van der Waals surface area contributed by atoms with Crippen LogP contribution in [0.15, 0.2) is 42.5 Å². The van der Waals surface area contributed by atoms with Crippen molar-refractivity contribution in [2.45, 2.75) is 25.9 Å². The van der Waals surface area contributed by atoms with Gasteiger partial charge < -0.3 is 9.47 Å². The first kappa shape index (κ1) is 15.3. The maximum absolute atomic E-state index is 12.1. The van der Waals surface area contributed by atoms with Crippen LogP contribution < -0.4 is 0 Å². The van der Waals surface area contributed by atoms with E-state index in [0.29, 0.717) is 11.1 Å². The van der Waals surface area contributed by atoms with Crippen LogP contribution in [0.2, 0.25) is 0 Å². The minimum absolute atomic E-state index is 0.178. The summed E-state index contributed by atoms with van der Waals surface area (Å²) in [6.45, 7) is 0.178. The Labute approximate surface area is 135 Å². The Balaban J connectivity index is 1.61. The predicted molar refractivity (Wildman–Crippen MR) is 85.4 cm³/mol. The van der Waals surface area contributed by atoms with Crippen LogP contribution in [0.5, 0.6) is 0 Å². The summed E-state index contributed by atoms with van der Waals surface area (Å²) in [6.07, 6.45) is 3.28. The first-order valence-electron chi connectivity index (χ1n) is 7.63. The highest BCUT2D eigenvalue weighted by Gasteiger charge is 2.15. The first-order valence-corrected chi connectivity index (χ1v) is 7.63. The van der Waals surface area contributed by atoms with Crippen molar-refractivity contribution >= 4 is 11.9 Å². The molecule has 0 N–H and O–H groups in total. The van der Waals surface area contributed by atoms with Crippen molar-refractivity contribution in [3.8, 4) is 0 Å². The number of fused-ring (bicyclic) bond motifs is 1. The molecule has 23 heavy (non-hydrogen) atoms. The van der Waals surface area contributed by atoms with E-state index in [1.807, 2.05) is 18.2 Å². The van der Waals surface area contributed by atoms with Crippen molar-refractivity contribution in [3.05, 3.63) is 70.3 Å². The second kappa shape index (κ2) is 6.65. The highest BCUT2D eigenvalue weighted by Crippen LogP contribution is 2.23. The maximum Gasteiger partial charge on any atom is 0.338 e. The minimum Gasteiger partial charge on any atom is -0.465 e. The van der Waals surface area contributed by atoms with Gasteiger partial charge in [0.05, 0.1) is 18.2 Å². The molecule has 0 atom stereocenters. The molecule has 4 nitrogen and oxygen atoms in total. The average molecular weight is 310 g/mol. The highest BCUT2D eigenvalue weighted by molar-refractivity contribution is 5.90. The Kier molecular flexibility index (Phi) is 4.42. The van der Waals surface area contributed by atoms with Crippen molar-refractivity contribution in [2.75, 3.05) is 7.11 Å². The molecule has 0 unspecified atom stereocenters. The van der Waals surface area contributed by atoms with Gasteiger partial charge in [0.1, 0.15) is 6.61 Å². The first-order chi connectivity index (χ1) is 11.2. The van der Waals surface area contributed by atoms with E-state index in [4.69, 9.17) is 4.74 Å². The van der Waals surface area contributed by atoms with Gasteiger partial charge in [-0.1, -0.05) is 18.2 Å². The van der Waals surface area contributed by atoms with Gasteiger partial charge in [0, 0.05) is 0 Å². The molecular weight excluding hydrogens is 292 g/mol. The number of hydrogen-bond donors (Lipinski definition) is 0. The van der Waals surface area contributed by atoms with E-state index in [1.165, 1.54) is 18.2 Å². The van der Waals surface area contributed by atoms with Crippen LogP contribution in [0, 0.1) is 0 Å². The second-order valence-electron chi connectivity index (χ2n) is 5.60. The van der Waals surface area contributed by atoms with Gasteiger partial charge in [-0.3, -0.25) is 0 Å². The molecule has 2 aromatic rings. The molecule has 0 fully saturated rings. The van der Waals surface area contributed by atoms with Gasteiger partial charge in [-0.2, -0.15) is 0 Å². The Morgan fingerprint density at radius 3 is 2.35 bits per heavy atom. The number of aryl methyl sites for hydroxylation is 2. The zero-order valence-corrected chi connectivity index (χ0v) is 13.0. The summed E-state index contributed by atoms with van der Waals surface area (Å²) in [5, 5.41) is 0. The Hall–Kier alpha value is -2.62. The molecule has 0 radical (unpaired) electrons. The molecule has 0 amide bonds. The summed E-state index contributed by atoms with van der Waals surface area (Å²) in [6, 6.07) is 12.6. The summed E-state index contributed by atoms with van der Waals surface area (Å²) in [4.78, 5) is 23.5. The molecule has 2 aromatic carbocycles. The van der Waals surface area contributed by atoms with Crippen molar-refractivity contribution in [3.63, 3.8) is 0 Å². The van der Waals surface area contributed by atoms with Crippen molar-refractivity contribution in [1.29, 1.82) is 0 Å². The SMILES string of the molecule is COC(=O)c1ccc(COC(=O)c2ccc3c(c2)CCC3)cc1. The zero-order valence-electron chi connectivity index (χ0n) is 13.0. The lowest BCUT2D eigenvalue weighted by Crippen LogP contribution is -2.06. The fraction of sp³-hybridized carbons (Fsp3) is 0.263. The Morgan fingerprint density at radius 1 is 0.913 bits per heavy atom. The van der Waals surface area contributed by atoms with Crippen LogP contribution in [0.25, 0.3) is 0 Å². The van der Waals surface area contributed by atoms with E-state index in [1.54, 1.807) is 24.3 Å². The van der Waals surface area contributed by atoms with Crippen LogP contribution in [-0.4, -0.2) is 19.0 Å². The second-order valence-corrected chi connectivity index (χ2v) is 5.60. The number of carbonyl (C=O) groups is 2. The molecule has 0 saturated carbocycles. The largest absolute Gasteiger partial charge is 0.465 e. The van der Waals surface area contributed by atoms with Crippen LogP contribution >= 0.6 is 0 Å². The Morgan fingerprint density at radius 2 is 1.61 bits per heavy atom. The molecule has 0 aliphatic heterocycles. The predicted octanol–water partition coefficient (Wildman–Crippen LogP) is 3.32. The maximum atomic E-state index is 12.1. The molecule has 1 aliphatic rings. The zero-order chi connectivity index (χ0) is 16.2. The smallest absolute Gasteiger partial charge is 0.338 e. The molecule has 118 valence electrons. The average Bonchev–Trinajstić information content (AvgIpc) is 3.07. The topological polar surface area (TPSA) is 52.6 Å². The fourth-order valence-corrected chi connectivity index (χ4v) is 2.79. The normalized spacial score (nSPS) is 12.6. The molecule has 3 rings (SSSR count). The molecule has 0 spiro atoms.